The van der Waals surface area contributed by atoms with Crippen LogP contribution in [0.15, 0.2) is 42.5 Å². The van der Waals surface area contributed by atoms with Crippen molar-refractivity contribution in [3.63, 3.8) is 0 Å². The highest BCUT2D eigenvalue weighted by Crippen LogP contribution is 2.29. The quantitative estimate of drug-likeness (QED) is 0.899. The van der Waals surface area contributed by atoms with E-state index in [1.54, 1.807) is 25.1 Å². The number of carbonyl (C=O) groups is 1. The summed E-state index contributed by atoms with van der Waals surface area (Å²) in [4.78, 5) is 11.1. The molecule has 0 radical (unpaired) electrons. The Labute approximate surface area is 103 Å². The van der Waals surface area contributed by atoms with Crippen molar-refractivity contribution in [1.82, 2.24) is 0 Å². The van der Waals surface area contributed by atoms with Gasteiger partial charge in [0, 0.05) is 6.07 Å². The van der Waals surface area contributed by atoms with Crippen molar-refractivity contribution < 1.29 is 19.0 Å². The highest BCUT2D eigenvalue weighted by atomic mass is 19.1. The molecule has 0 aliphatic rings. The van der Waals surface area contributed by atoms with Crippen LogP contribution in [-0.4, -0.2) is 11.1 Å². The number of hydrogen-bond acceptors (Lipinski definition) is 2. The Morgan fingerprint density at radius 2 is 1.94 bits per heavy atom. The van der Waals surface area contributed by atoms with E-state index in [0.29, 0.717) is 5.56 Å². The summed E-state index contributed by atoms with van der Waals surface area (Å²) in [5.74, 6) is -1.01. The zero-order chi connectivity index (χ0) is 13.1. The number of halogens is 1. The Morgan fingerprint density at radius 3 is 2.61 bits per heavy atom. The Bertz CT molecular complexity index is 593. The van der Waals surface area contributed by atoms with Gasteiger partial charge in [-0.15, -0.1) is 0 Å². The number of carboxylic acid groups (broad SMARTS) is 1. The molecule has 0 unspecified atom stereocenters. The first-order valence-electron chi connectivity index (χ1n) is 5.34. The molecule has 4 heteroatoms. The predicted molar refractivity (Wildman–Crippen MR) is 64.6 cm³/mol. The van der Waals surface area contributed by atoms with Gasteiger partial charge in [-0.3, -0.25) is 0 Å². The standard InChI is InChI=1S/C14H11FO3/c1-9-4-2-7-12(14(16)17)13(9)18-11-6-3-5-10(15)8-11/h2-8H,1H3,(H,16,17). The third-order valence-corrected chi connectivity index (χ3v) is 2.46. The van der Waals surface area contributed by atoms with Gasteiger partial charge < -0.3 is 9.84 Å². The minimum absolute atomic E-state index is 0.0549. The van der Waals surface area contributed by atoms with Crippen LogP contribution >= 0.6 is 0 Å². The predicted octanol–water partition coefficient (Wildman–Crippen LogP) is 3.62. The zero-order valence-electron chi connectivity index (χ0n) is 9.68. The van der Waals surface area contributed by atoms with E-state index in [4.69, 9.17) is 9.84 Å². The average Bonchev–Trinajstić information content (AvgIpc) is 2.31. The Morgan fingerprint density at radius 1 is 1.22 bits per heavy atom. The molecule has 0 aliphatic heterocycles. The summed E-state index contributed by atoms with van der Waals surface area (Å²) < 4.78 is 18.5. The molecule has 0 amide bonds. The molecule has 18 heavy (non-hydrogen) atoms. The number of para-hydroxylation sites is 1. The number of benzene rings is 2. The molecule has 0 spiro atoms. The second-order valence-corrected chi connectivity index (χ2v) is 3.82. The van der Waals surface area contributed by atoms with E-state index in [0.717, 1.165) is 0 Å². The lowest BCUT2D eigenvalue weighted by Gasteiger charge is -2.11. The van der Waals surface area contributed by atoms with Crippen molar-refractivity contribution in [2.75, 3.05) is 0 Å². The Hall–Kier alpha value is -2.36. The highest BCUT2D eigenvalue weighted by Gasteiger charge is 2.14. The van der Waals surface area contributed by atoms with E-state index in [2.05, 4.69) is 0 Å². The zero-order valence-corrected chi connectivity index (χ0v) is 9.68. The first-order chi connectivity index (χ1) is 8.58. The van der Waals surface area contributed by atoms with Gasteiger partial charge in [0.25, 0.3) is 0 Å². The van der Waals surface area contributed by atoms with Crippen molar-refractivity contribution in [2.45, 2.75) is 6.92 Å². The van der Waals surface area contributed by atoms with E-state index >= 15 is 0 Å². The normalized spacial score (nSPS) is 10.1. The van der Waals surface area contributed by atoms with E-state index in [9.17, 15) is 9.18 Å². The van der Waals surface area contributed by atoms with Crippen LogP contribution < -0.4 is 4.74 Å². The third kappa shape index (κ3) is 2.48. The first kappa shape index (κ1) is 12.1. The van der Waals surface area contributed by atoms with Gasteiger partial charge in [0.2, 0.25) is 0 Å². The molecule has 0 fully saturated rings. The van der Waals surface area contributed by atoms with Gasteiger partial charge in [-0.1, -0.05) is 18.2 Å². The minimum atomic E-state index is -1.08. The van der Waals surface area contributed by atoms with Crippen molar-refractivity contribution in [3.8, 4) is 11.5 Å². The van der Waals surface area contributed by atoms with E-state index in [1.165, 1.54) is 24.3 Å². The maximum atomic E-state index is 13.0. The SMILES string of the molecule is Cc1cccc(C(=O)O)c1Oc1cccc(F)c1. The largest absolute Gasteiger partial charge is 0.478 e. The van der Waals surface area contributed by atoms with Gasteiger partial charge in [0.15, 0.2) is 0 Å². The van der Waals surface area contributed by atoms with Crippen LogP contribution in [-0.2, 0) is 0 Å². The van der Waals surface area contributed by atoms with Gasteiger partial charge >= 0.3 is 5.97 Å². The molecular formula is C14H11FO3. The molecule has 0 saturated heterocycles. The molecule has 2 aromatic carbocycles. The molecule has 0 aliphatic carbocycles. The van der Waals surface area contributed by atoms with E-state index in [1.807, 2.05) is 0 Å². The van der Waals surface area contributed by atoms with Crippen LogP contribution in [0.3, 0.4) is 0 Å². The molecular weight excluding hydrogens is 235 g/mol. The van der Waals surface area contributed by atoms with Crippen LogP contribution in [0.5, 0.6) is 11.5 Å². The summed E-state index contributed by atoms with van der Waals surface area (Å²) in [6.07, 6.45) is 0. The number of rotatable bonds is 3. The number of carboxylic acids is 1. The van der Waals surface area contributed by atoms with Gasteiger partial charge in [-0.05, 0) is 30.7 Å². The van der Waals surface area contributed by atoms with Crippen molar-refractivity contribution >= 4 is 5.97 Å². The van der Waals surface area contributed by atoms with Crippen LogP contribution in [0.1, 0.15) is 15.9 Å². The lowest BCUT2D eigenvalue weighted by molar-refractivity contribution is 0.0694. The van der Waals surface area contributed by atoms with Gasteiger partial charge in [0.05, 0.1) is 0 Å². The monoisotopic (exact) mass is 246 g/mol. The van der Waals surface area contributed by atoms with Crippen LogP contribution in [0, 0.1) is 12.7 Å². The maximum absolute atomic E-state index is 13.0. The average molecular weight is 246 g/mol. The molecule has 0 bridgehead atoms. The summed E-state index contributed by atoms with van der Waals surface area (Å²) in [7, 11) is 0. The summed E-state index contributed by atoms with van der Waals surface area (Å²) >= 11 is 0. The number of ether oxygens (including phenoxy) is 1. The van der Waals surface area contributed by atoms with E-state index < -0.39 is 11.8 Å². The fourth-order valence-corrected chi connectivity index (χ4v) is 1.60. The van der Waals surface area contributed by atoms with Crippen molar-refractivity contribution in [1.29, 1.82) is 0 Å². The summed E-state index contributed by atoms with van der Waals surface area (Å²) in [6.45, 7) is 1.74. The molecule has 3 nitrogen and oxygen atoms in total. The fourth-order valence-electron chi connectivity index (χ4n) is 1.60. The van der Waals surface area contributed by atoms with Gasteiger partial charge in [0.1, 0.15) is 22.9 Å². The third-order valence-electron chi connectivity index (χ3n) is 2.46. The lowest BCUT2D eigenvalue weighted by Crippen LogP contribution is -2.01. The number of aryl methyl sites for hydroxylation is 1. The fraction of sp³-hybridized carbons (Fsp3) is 0.0714. The van der Waals surface area contributed by atoms with Crippen molar-refractivity contribution in [3.05, 3.63) is 59.4 Å². The summed E-state index contributed by atoms with van der Waals surface area (Å²) in [5.41, 5.74) is 0.735. The van der Waals surface area contributed by atoms with Crippen molar-refractivity contribution in [2.24, 2.45) is 0 Å². The summed E-state index contributed by atoms with van der Waals surface area (Å²) in [6, 6.07) is 10.4. The molecule has 0 heterocycles. The van der Waals surface area contributed by atoms with Crippen LogP contribution in [0.4, 0.5) is 4.39 Å². The smallest absolute Gasteiger partial charge is 0.339 e. The highest BCUT2D eigenvalue weighted by molar-refractivity contribution is 5.91. The second kappa shape index (κ2) is 4.87. The first-order valence-corrected chi connectivity index (χ1v) is 5.34. The maximum Gasteiger partial charge on any atom is 0.339 e. The molecule has 2 aromatic rings. The Balaban J connectivity index is 2.42. The molecule has 1 N–H and O–H groups in total. The number of aromatic carboxylic acids is 1. The van der Waals surface area contributed by atoms with Gasteiger partial charge in [-0.2, -0.15) is 0 Å². The topological polar surface area (TPSA) is 46.5 Å². The number of hydrogen-bond donors (Lipinski definition) is 1. The van der Waals surface area contributed by atoms with E-state index in [-0.39, 0.29) is 17.1 Å². The lowest BCUT2D eigenvalue weighted by atomic mass is 10.1. The molecule has 92 valence electrons. The summed E-state index contributed by atoms with van der Waals surface area (Å²) in [5, 5.41) is 9.07. The Kier molecular flexibility index (Phi) is 3.28. The second-order valence-electron chi connectivity index (χ2n) is 3.82. The van der Waals surface area contributed by atoms with Crippen LogP contribution in [0.2, 0.25) is 0 Å². The molecule has 0 saturated carbocycles. The molecule has 0 atom stereocenters. The van der Waals surface area contributed by atoms with Gasteiger partial charge in [-0.25, -0.2) is 9.18 Å². The molecule has 0 aromatic heterocycles. The van der Waals surface area contributed by atoms with Crippen LogP contribution in [0.25, 0.3) is 0 Å². The molecule has 2 rings (SSSR count). The minimum Gasteiger partial charge on any atom is -0.478 e.